The van der Waals surface area contributed by atoms with Crippen LogP contribution in [-0.4, -0.2) is 31.2 Å². The zero-order chi connectivity index (χ0) is 15.3. The molecule has 0 radical (unpaired) electrons. The summed E-state index contributed by atoms with van der Waals surface area (Å²) in [5.41, 5.74) is 6.40. The van der Waals surface area contributed by atoms with Crippen LogP contribution in [0.2, 0.25) is 0 Å². The second-order valence-corrected chi connectivity index (χ2v) is 8.04. The number of nitrogens with zero attached hydrogens (tertiary/aromatic N) is 1. The predicted octanol–water partition coefficient (Wildman–Crippen LogP) is 1.45. The standard InChI is InChI=1S/C15H25N3O2S/c1-13-2-7-15(12-16,8-3-13)18-21(19,20)11-6-14-4-9-17-10-5-14/h4-5,9-10,13,18H,2-3,6-8,11-12,16H2,1H3. The Morgan fingerprint density at radius 2 is 1.95 bits per heavy atom. The number of hydrogen-bond acceptors (Lipinski definition) is 4. The highest BCUT2D eigenvalue weighted by atomic mass is 32.2. The molecule has 21 heavy (non-hydrogen) atoms. The fraction of sp³-hybridized carbons (Fsp3) is 0.667. The molecule has 3 N–H and O–H groups in total. The smallest absolute Gasteiger partial charge is 0.212 e. The van der Waals surface area contributed by atoms with E-state index in [1.165, 1.54) is 0 Å². The van der Waals surface area contributed by atoms with Gasteiger partial charge in [-0.05, 0) is 55.7 Å². The SMILES string of the molecule is CC1CCC(CN)(NS(=O)(=O)CCc2ccncc2)CC1. The minimum atomic E-state index is -3.32. The summed E-state index contributed by atoms with van der Waals surface area (Å²) in [5, 5.41) is 0. The van der Waals surface area contributed by atoms with Crippen LogP contribution in [0.5, 0.6) is 0 Å². The number of aromatic nitrogens is 1. The molecule has 0 saturated heterocycles. The van der Waals surface area contributed by atoms with Crippen molar-refractivity contribution in [3.05, 3.63) is 30.1 Å². The van der Waals surface area contributed by atoms with E-state index in [9.17, 15) is 8.42 Å². The van der Waals surface area contributed by atoms with Crippen molar-refractivity contribution in [3.63, 3.8) is 0 Å². The Balaban J connectivity index is 1.96. The van der Waals surface area contributed by atoms with E-state index in [2.05, 4.69) is 16.6 Å². The van der Waals surface area contributed by atoms with Crippen molar-refractivity contribution in [1.82, 2.24) is 9.71 Å². The number of pyridine rings is 1. The normalized spacial score (nSPS) is 26.7. The Labute approximate surface area is 127 Å². The van der Waals surface area contributed by atoms with Gasteiger partial charge in [0.25, 0.3) is 0 Å². The molecule has 0 unspecified atom stereocenters. The van der Waals surface area contributed by atoms with Crippen molar-refractivity contribution in [3.8, 4) is 0 Å². The lowest BCUT2D eigenvalue weighted by molar-refractivity contribution is 0.231. The van der Waals surface area contributed by atoms with Gasteiger partial charge < -0.3 is 5.73 Å². The summed E-state index contributed by atoms with van der Waals surface area (Å²) in [6.07, 6.45) is 7.58. The maximum atomic E-state index is 12.3. The van der Waals surface area contributed by atoms with Gasteiger partial charge in [-0.2, -0.15) is 0 Å². The quantitative estimate of drug-likeness (QED) is 0.833. The molecule has 1 heterocycles. The lowest BCUT2D eigenvalue weighted by Gasteiger charge is -2.38. The number of rotatable bonds is 6. The Kier molecular flexibility index (Phi) is 5.35. The number of nitrogens with one attached hydrogen (secondary N) is 1. The first-order valence-corrected chi connectivity index (χ1v) is 9.21. The average molecular weight is 311 g/mol. The highest BCUT2D eigenvalue weighted by molar-refractivity contribution is 7.89. The third kappa shape index (κ3) is 4.76. The van der Waals surface area contributed by atoms with Crippen LogP contribution in [0, 0.1) is 5.92 Å². The zero-order valence-electron chi connectivity index (χ0n) is 12.6. The Bertz CT molecular complexity index is 537. The molecular formula is C15H25N3O2S. The van der Waals surface area contributed by atoms with Crippen molar-refractivity contribution in [1.29, 1.82) is 0 Å². The topological polar surface area (TPSA) is 85.1 Å². The van der Waals surface area contributed by atoms with Crippen molar-refractivity contribution in [2.45, 2.75) is 44.6 Å². The molecule has 0 bridgehead atoms. The fourth-order valence-electron chi connectivity index (χ4n) is 2.85. The van der Waals surface area contributed by atoms with E-state index in [4.69, 9.17) is 5.73 Å². The van der Waals surface area contributed by atoms with Gasteiger partial charge in [-0.3, -0.25) is 4.98 Å². The third-order valence-electron chi connectivity index (χ3n) is 4.40. The first-order chi connectivity index (χ1) is 9.95. The second-order valence-electron chi connectivity index (χ2n) is 6.19. The Morgan fingerprint density at radius 1 is 1.33 bits per heavy atom. The molecule has 6 heteroatoms. The van der Waals surface area contributed by atoms with Gasteiger partial charge in [-0.25, -0.2) is 13.1 Å². The summed E-state index contributed by atoms with van der Waals surface area (Å²) in [7, 11) is -3.32. The minimum absolute atomic E-state index is 0.0916. The molecule has 0 atom stereocenters. The van der Waals surface area contributed by atoms with Crippen molar-refractivity contribution in [2.24, 2.45) is 11.7 Å². The van der Waals surface area contributed by atoms with Crippen LogP contribution in [0.25, 0.3) is 0 Å². The first-order valence-electron chi connectivity index (χ1n) is 7.55. The van der Waals surface area contributed by atoms with Crippen LogP contribution in [-0.2, 0) is 16.4 Å². The van der Waals surface area contributed by atoms with Gasteiger partial charge in [-0.1, -0.05) is 6.92 Å². The molecule has 1 saturated carbocycles. The summed E-state index contributed by atoms with van der Waals surface area (Å²) in [6, 6.07) is 3.69. The van der Waals surface area contributed by atoms with Gasteiger partial charge in [-0.15, -0.1) is 0 Å². The summed E-state index contributed by atoms with van der Waals surface area (Å²) in [5.74, 6) is 0.750. The van der Waals surface area contributed by atoms with Crippen molar-refractivity contribution >= 4 is 10.0 Å². The fourth-order valence-corrected chi connectivity index (χ4v) is 4.40. The molecule has 1 aromatic heterocycles. The van der Waals surface area contributed by atoms with Crippen LogP contribution in [0.4, 0.5) is 0 Å². The molecule has 0 spiro atoms. The van der Waals surface area contributed by atoms with Gasteiger partial charge in [0.05, 0.1) is 5.75 Å². The zero-order valence-corrected chi connectivity index (χ0v) is 13.4. The summed E-state index contributed by atoms with van der Waals surface area (Å²) in [6.45, 7) is 2.58. The molecule has 5 nitrogen and oxygen atoms in total. The minimum Gasteiger partial charge on any atom is -0.329 e. The molecule has 0 aromatic carbocycles. The average Bonchev–Trinajstić information content (AvgIpc) is 2.49. The Morgan fingerprint density at radius 3 is 2.52 bits per heavy atom. The van der Waals surface area contributed by atoms with Crippen LogP contribution in [0.15, 0.2) is 24.5 Å². The monoisotopic (exact) mass is 311 g/mol. The van der Waals surface area contributed by atoms with E-state index in [1.54, 1.807) is 12.4 Å². The third-order valence-corrected chi connectivity index (χ3v) is 5.89. The molecule has 0 aliphatic heterocycles. The van der Waals surface area contributed by atoms with Crippen LogP contribution in [0.3, 0.4) is 0 Å². The van der Waals surface area contributed by atoms with E-state index < -0.39 is 15.6 Å². The van der Waals surface area contributed by atoms with Crippen molar-refractivity contribution < 1.29 is 8.42 Å². The summed E-state index contributed by atoms with van der Waals surface area (Å²) < 4.78 is 27.6. The number of sulfonamides is 1. The van der Waals surface area contributed by atoms with Crippen molar-refractivity contribution in [2.75, 3.05) is 12.3 Å². The lowest BCUT2D eigenvalue weighted by atomic mass is 9.78. The van der Waals surface area contributed by atoms with Crippen LogP contribution in [0.1, 0.15) is 38.2 Å². The van der Waals surface area contributed by atoms with Gasteiger partial charge >= 0.3 is 0 Å². The molecule has 2 rings (SSSR count). The number of hydrogen-bond donors (Lipinski definition) is 2. The largest absolute Gasteiger partial charge is 0.329 e. The van der Waals surface area contributed by atoms with E-state index in [0.717, 1.165) is 31.2 Å². The molecule has 1 aliphatic carbocycles. The van der Waals surface area contributed by atoms with Gasteiger partial charge in [0.15, 0.2) is 0 Å². The second kappa shape index (κ2) is 6.85. The predicted molar refractivity (Wildman–Crippen MR) is 84.3 cm³/mol. The van der Waals surface area contributed by atoms with E-state index in [-0.39, 0.29) is 5.75 Å². The summed E-state index contributed by atoms with van der Waals surface area (Å²) >= 11 is 0. The maximum absolute atomic E-state index is 12.3. The lowest BCUT2D eigenvalue weighted by Crippen LogP contribution is -2.55. The Hall–Kier alpha value is -0.980. The van der Waals surface area contributed by atoms with E-state index in [0.29, 0.717) is 18.9 Å². The first kappa shape index (κ1) is 16.4. The summed E-state index contributed by atoms with van der Waals surface area (Å²) in [4.78, 5) is 3.93. The number of nitrogens with two attached hydrogens (primary N) is 1. The highest BCUT2D eigenvalue weighted by Crippen LogP contribution is 2.31. The number of aryl methyl sites for hydroxylation is 1. The maximum Gasteiger partial charge on any atom is 0.212 e. The van der Waals surface area contributed by atoms with E-state index in [1.807, 2.05) is 12.1 Å². The molecule has 1 aliphatic rings. The van der Waals surface area contributed by atoms with Gasteiger partial charge in [0.2, 0.25) is 10.0 Å². The van der Waals surface area contributed by atoms with Crippen LogP contribution < -0.4 is 10.5 Å². The van der Waals surface area contributed by atoms with E-state index >= 15 is 0 Å². The molecular weight excluding hydrogens is 286 g/mol. The van der Waals surface area contributed by atoms with Gasteiger partial charge in [0.1, 0.15) is 0 Å². The van der Waals surface area contributed by atoms with Crippen LogP contribution >= 0.6 is 0 Å². The molecule has 1 aromatic rings. The molecule has 0 amide bonds. The van der Waals surface area contributed by atoms with Gasteiger partial charge in [0, 0.05) is 24.5 Å². The molecule has 1 fully saturated rings. The highest BCUT2D eigenvalue weighted by Gasteiger charge is 2.36. The molecule has 118 valence electrons.